The summed E-state index contributed by atoms with van der Waals surface area (Å²) < 4.78 is 33.2. The van der Waals surface area contributed by atoms with Gasteiger partial charge in [-0.3, -0.25) is 9.69 Å². The predicted octanol–water partition coefficient (Wildman–Crippen LogP) is 0.401. The van der Waals surface area contributed by atoms with Crippen LogP contribution in [0.25, 0.3) is 0 Å². The third-order valence-electron chi connectivity index (χ3n) is 4.60. The van der Waals surface area contributed by atoms with E-state index in [2.05, 4.69) is 0 Å². The van der Waals surface area contributed by atoms with Crippen LogP contribution in [0.2, 0.25) is 0 Å². The normalized spacial score (nSPS) is 26.0. The topological polar surface area (TPSA) is 87.2 Å². The quantitative estimate of drug-likeness (QED) is 0.842. The summed E-state index contributed by atoms with van der Waals surface area (Å²) in [5.74, 6) is -0.938. The highest BCUT2D eigenvalue weighted by molar-refractivity contribution is 7.89. The molecule has 2 fully saturated rings. The number of sulfonamides is 1. The molecule has 0 aliphatic carbocycles. The first kappa shape index (κ1) is 17.3. The Kier molecular flexibility index (Phi) is 4.91. The number of carboxylic acid groups (broad SMARTS) is 1. The minimum absolute atomic E-state index is 0.0318. The van der Waals surface area contributed by atoms with Crippen LogP contribution in [0.4, 0.5) is 0 Å². The van der Waals surface area contributed by atoms with E-state index in [1.165, 1.54) is 4.31 Å². The van der Waals surface area contributed by atoms with Crippen LogP contribution in [0.15, 0.2) is 29.2 Å². The fourth-order valence-corrected chi connectivity index (χ4v) is 5.21. The maximum absolute atomic E-state index is 13.1. The molecule has 0 amide bonds. The minimum atomic E-state index is -3.61. The molecule has 24 heavy (non-hydrogen) atoms. The van der Waals surface area contributed by atoms with Gasteiger partial charge in [-0.1, -0.05) is 18.2 Å². The Hall–Kier alpha value is -1.48. The first-order chi connectivity index (χ1) is 11.4. The molecule has 132 valence electrons. The lowest BCUT2D eigenvalue weighted by molar-refractivity contribution is -0.139. The molecule has 2 saturated heterocycles. The summed E-state index contributed by atoms with van der Waals surface area (Å²) in [6.45, 7) is 3.63. The first-order valence-corrected chi connectivity index (χ1v) is 9.41. The molecule has 0 saturated carbocycles. The predicted molar refractivity (Wildman–Crippen MR) is 87.2 cm³/mol. The summed E-state index contributed by atoms with van der Waals surface area (Å²) in [4.78, 5) is 13.2. The van der Waals surface area contributed by atoms with Crippen molar-refractivity contribution in [3.8, 4) is 0 Å². The van der Waals surface area contributed by atoms with Gasteiger partial charge in [0.2, 0.25) is 10.0 Å². The number of rotatable bonds is 4. The van der Waals surface area contributed by atoms with Crippen LogP contribution in [0.1, 0.15) is 5.56 Å². The highest BCUT2D eigenvalue weighted by Crippen LogP contribution is 2.26. The van der Waals surface area contributed by atoms with Gasteiger partial charge >= 0.3 is 5.97 Å². The van der Waals surface area contributed by atoms with Crippen molar-refractivity contribution in [3.63, 3.8) is 0 Å². The van der Waals surface area contributed by atoms with Crippen molar-refractivity contribution in [2.24, 2.45) is 5.92 Å². The van der Waals surface area contributed by atoms with Gasteiger partial charge < -0.3 is 9.84 Å². The zero-order chi connectivity index (χ0) is 17.3. The zero-order valence-corrected chi connectivity index (χ0v) is 14.4. The standard InChI is InChI=1S/C16H22N2O5S/c1-12-4-2-3-5-15(12)24(21,22)18-7-13-6-17(9-16(19)20)14(8-18)11-23-10-13/h2-5,13-14H,6-11H2,1H3,(H,19,20)/t13-,14+/m1/s1. The Morgan fingerprint density at radius 1 is 1.25 bits per heavy atom. The van der Waals surface area contributed by atoms with E-state index in [0.29, 0.717) is 36.8 Å². The molecular weight excluding hydrogens is 332 g/mol. The maximum Gasteiger partial charge on any atom is 0.317 e. The Balaban J connectivity index is 1.90. The summed E-state index contributed by atoms with van der Waals surface area (Å²) in [6.07, 6.45) is 0. The van der Waals surface area contributed by atoms with Crippen LogP contribution in [0.5, 0.6) is 0 Å². The van der Waals surface area contributed by atoms with Crippen molar-refractivity contribution in [2.75, 3.05) is 39.4 Å². The lowest BCUT2D eigenvalue weighted by atomic mass is 10.1. The van der Waals surface area contributed by atoms with E-state index in [-0.39, 0.29) is 25.0 Å². The van der Waals surface area contributed by atoms with E-state index >= 15 is 0 Å². The largest absolute Gasteiger partial charge is 0.480 e. The number of ether oxygens (including phenoxy) is 1. The van der Waals surface area contributed by atoms with Crippen LogP contribution in [0.3, 0.4) is 0 Å². The van der Waals surface area contributed by atoms with Crippen molar-refractivity contribution in [1.82, 2.24) is 9.21 Å². The highest BCUT2D eigenvalue weighted by Gasteiger charge is 2.39. The smallest absolute Gasteiger partial charge is 0.317 e. The molecule has 0 aromatic heterocycles. The van der Waals surface area contributed by atoms with Gasteiger partial charge in [0.05, 0.1) is 24.7 Å². The fraction of sp³-hybridized carbons (Fsp3) is 0.562. The SMILES string of the molecule is Cc1ccccc1S(=O)(=O)N1C[C@@H]2COC[C@H](C1)N(CC(=O)O)C2. The number of fused-ring (bicyclic) bond motifs is 3. The second kappa shape index (κ2) is 6.79. The number of benzene rings is 1. The monoisotopic (exact) mass is 354 g/mol. The summed E-state index contributed by atoms with van der Waals surface area (Å²) in [5, 5.41) is 9.10. The Morgan fingerprint density at radius 3 is 2.71 bits per heavy atom. The molecule has 0 spiro atoms. The van der Waals surface area contributed by atoms with Gasteiger partial charge in [0.15, 0.2) is 0 Å². The van der Waals surface area contributed by atoms with E-state index in [9.17, 15) is 13.2 Å². The number of carboxylic acids is 1. The second-order valence-electron chi connectivity index (χ2n) is 6.47. The Bertz CT molecular complexity index is 721. The second-order valence-corrected chi connectivity index (χ2v) is 8.37. The first-order valence-electron chi connectivity index (χ1n) is 7.97. The number of aryl methyl sites for hydroxylation is 1. The molecule has 1 aromatic rings. The summed E-state index contributed by atoms with van der Waals surface area (Å²) in [6, 6.07) is 6.70. The van der Waals surface area contributed by atoms with Crippen molar-refractivity contribution >= 4 is 16.0 Å². The van der Waals surface area contributed by atoms with Crippen LogP contribution < -0.4 is 0 Å². The van der Waals surface area contributed by atoms with Crippen LogP contribution in [-0.4, -0.2) is 74.1 Å². The summed E-state index contributed by atoms with van der Waals surface area (Å²) in [5.41, 5.74) is 0.713. The van der Waals surface area contributed by atoms with Gasteiger partial charge in [-0.15, -0.1) is 0 Å². The molecule has 2 heterocycles. The molecule has 7 nitrogen and oxygen atoms in total. The van der Waals surface area contributed by atoms with E-state index in [0.717, 1.165) is 0 Å². The maximum atomic E-state index is 13.1. The summed E-state index contributed by atoms with van der Waals surface area (Å²) in [7, 11) is -3.61. The van der Waals surface area contributed by atoms with Gasteiger partial charge in [-0.05, 0) is 18.6 Å². The van der Waals surface area contributed by atoms with Crippen molar-refractivity contribution in [2.45, 2.75) is 17.9 Å². The fourth-order valence-electron chi connectivity index (χ4n) is 3.43. The van der Waals surface area contributed by atoms with E-state index < -0.39 is 16.0 Å². The zero-order valence-electron chi connectivity index (χ0n) is 13.6. The molecule has 8 heteroatoms. The van der Waals surface area contributed by atoms with Gasteiger partial charge in [0, 0.05) is 31.6 Å². The lowest BCUT2D eigenvalue weighted by Crippen LogP contribution is -2.47. The van der Waals surface area contributed by atoms with E-state index in [4.69, 9.17) is 9.84 Å². The third-order valence-corrected chi connectivity index (χ3v) is 6.59. The van der Waals surface area contributed by atoms with Gasteiger partial charge in [-0.25, -0.2) is 8.42 Å². The van der Waals surface area contributed by atoms with Gasteiger partial charge in [0.25, 0.3) is 0 Å². The highest BCUT2D eigenvalue weighted by atomic mass is 32.2. The molecule has 3 rings (SSSR count). The number of aliphatic carboxylic acids is 1. The van der Waals surface area contributed by atoms with Crippen LogP contribution in [-0.2, 0) is 19.6 Å². The van der Waals surface area contributed by atoms with E-state index in [1.807, 2.05) is 11.0 Å². The van der Waals surface area contributed by atoms with Gasteiger partial charge in [0.1, 0.15) is 0 Å². The van der Waals surface area contributed by atoms with E-state index in [1.54, 1.807) is 25.1 Å². The number of nitrogens with zero attached hydrogens (tertiary/aromatic N) is 2. The average molecular weight is 354 g/mol. The Morgan fingerprint density at radius 2 is 2.00 bits per heavy atom. The lowest BCUT2D eigenvalue weighted by Gasteiger charge is -2.30. The molecule has 2 aliphatic rings. The Labute approximate surface area is 141 Å². The van der Waals surface area contributed by atoms with Crippen molar-refractivity contribution in [1.29, 1.82) is 0 Å². The average Bonchev–Trinajstić information content (AvgIpc) is 2.76. The molecule has 2 bridgehead atoms. The number of carbonyl (C=O) groups is 1. The summed E-state index contributed by atoms with van der Waals surface area (Å²) >= 11 is 0. The molecule has 1 aromatic carbocycles. The molecule has 0 unspecified atom stereocenters. The molecular formula is C16H22N2O5S. The molecule has 0 radical (unpaired) electrons. The molecule has 1 N–H and O–H groups in total. The molecule has 2 aliphatic heterocycles. The van der Waals surface area contributed by atoms with Gasteiger partial charge in [-0.2, -0.15) is 4.31 Å². The minimum Gasteiger partial charge on any atom is -0.480 e. The van der Waals surface area contributed by atoms with Crippen molar-refractivity contribution in [3.05, 3.63) is 29.8 Å². The van der Waals surface area contributed by atoms with Crippen LogP contribution >= 0.6 is 0 Å². The molecule has 2 atom stereocenters. The number of hydrogen-bond donors (Lipinski definition) is 1. The third kappa shape index (κ3) is 3.46. The number of hydrogen-bond acceptors (Lipinski definition) is 5. The van der Waals surface area contributed by atoms with Crippen molar-refractivity contribution < 1.29 is 23.1 Å². The van der Waals surface area contributed by atoms with Crippen LogP contribution in [0, 0.1) is 12.8 Å².